The Kier molecular flexibility index (Phi) is 5.06. The van der Waals surface area contributed by atoms with Gasteiger partial charge >= 0.3 is 0 Å². The molecule has 2 aromatic rings. The number of thiocarbonyl (C=S) groups is 1. The van der Waals surface area contributed by atoms with Crippen molar-refractivity contribution in [1.29, 1.82) is 0 Å². The van der Waals surface area contributed by atoms with Gasteiger partial charge in [0.2, 0.25) is 0 Å². The number of ether oxygens (including phenoxy) is 2. The molecular weight excluding hydrogens is 356 g/mol. The molecule has 25 heavy (non-hydrogen) atoms. The maximum atomic E-state index is 6.11. The number of rotatable bonds is 3. The van der Waals surface area contributed by atoms with Gasteiger partial charge in [0.1, 0.15) is 17.1 Å². The highest BCUT2D eigenvalue weighted by Crippen LogP contribution is 2.41. The van der Waals surface area contributed by atoms with Crippen LogP contribution in [0.25, 0.3) is 0 Å². The van der Waals surface area contributed by atoms with Crippen molar-refractivity contribution in [3.05, 3.63) is 53.1 Å². The Balaban J connectivity index is 1.77. The molecule has 3 rings (SSSR count). The van der Waals surface area contributed by atoms with Gasteiger partial charge < -0.3 is 20.1 Å². The molecule has 0 saturated carbocycles. The topological polar surface area (TPSA) is 42.5 Å². The molecule has 0 bridgehead atoms. The molecule has 0 amide bonds. The first kappa shape index (κ1) is 17.8. The lowest BCUT2D eigenvalue weighted by atomic mass is 9.89. The number of methoxy groups -OCH3 is 1. The van der Waals surface area contributed by atoms with E-state index in [1.54, 1.807) is 7.11 Å². The Hall–Kier alpha value is -1.98. The summed E-state index contributed by atoms with van der Waals surface area (Å²) >= 11 is 11.4. The summed E-state index contributed by atoms with van der Waals surface area (Å²) in [5.41, 5.74) is 1.66. The molecule has 2 N–H and O–H groups in total. The van der Waals surface area contributed by atoms with Crippen molar-refractivity contribution in [2.45, 2.75) is 31.9 Å². The van der Waals surface area contributed by atoms with Crippen LogP contribution in [0.2, 0.25) is 5.02 Å². The molecule has 1 aliphatic heterocycles. The lowest BCUT2D eigenvalue weighted by molar-refractivity contribution is 0.0693. The van der Waals surface area contributed by atoms with Crippen molar-refractivity contribution < 1.29 is 9.47 Å². The van der Waals surface area contributed by atoms with Crippen molar-refractivity contribution in [3.63, 3.8) is 0 Å². The lowest BCUT2D eigenvalue weighted by Crippen LogP contribution is -2.42. The van der Waals surface area contributed by atoms with E-state index in [0.29, 0.717) is 10.1 Å². The summed E-state index contributed by atoms with van der Waals surface area (Å²) < 4.78 is 11.4. The molecule has 0 aromatic heterocycles. The van der Waals surface area contributed by atoms with Crippen molar-refractivity contribution in [3.8, 4) is 11.5 Å². The number of nitrogens with one attached hydrogen (secondary N) is 2. The fraction of sp³-hybridized carbons (Fsp3) is 0.316. The largest absolute Gasteiger partial charge is 0.497 e. The maximum absolute atomic E-state index is 6.11. The minimum atomic E-state index is -0.299. The van der Waals surface area contributed by atoms with Gasteiger partial charge in [-0.2, -0.15) is 0 Å². The first-order valence-corrected chi connectivity index (χ1v) is 8.85. The van der Waals surface area contributed by atoms with Crippen LogP contribution in [-0.4, -0.2) is 17.8 Å². The van der Waals surface area contributed by atoms with Gasteiger partial charge in [-0.1, -0.05) is 11.6 Å². The standard InChI is InChI=1S/C19H21ClN2O2S/c1-19(2)11-16(15-9-8-14(23-3)10-17(15)24-19)22-18(25)21-13-6-4-12(20)5-7-13/h4-10,16H,11H2,1-3H3,(H2,21,22,25)/t16-/m1/s1. The molecular formula is C19H21ClN2O2S. The number of halogens is 1. The average Bonchev–Trinajstić information content (AvgIpc) is 2.55. The molecule has 1 heterocycles. The van der Waals surface area contributed by atoms with Crippen LogP contribution >= 0.6 is 23.8 Å². The fourth-order valence-corrected chi connectivity index (χ4v) is 3.33. The van der Waals surface area contributed by atoms with Crippen LogP contribution in [0.3, 0.4) is 0 Å². The van der Waals surface area contributed by atoms with Crippen LogP contribution in [0, 0.1) is 0 Å². The fourth-order valence-electron chi connectivity index (χ4n) is 2.95. The summed E-state index contributed by atoms with van der Waals surface area (Å²) in [6, 6.07) is 13.4. The molecule has 0 saturated heterocycles. The summed E-state index contributed by atoms with van der Waals surface area (Å²) in [6.45, 7) is 4.14. The van der Waals surface area contributed by atoms with Crippen LogP contribution in [0.15, 0.2) is 42.5 Å². The maximum Gasteiger partial charge on any atom is 0.171 e. The van der Waals surface area contributed by atoms with E-state index in [-0.39, 0.29) is 11.6 Å². The normalized spacial score (nSPS) is 17.8. The second kappa shape index (κ2) is 7.10. The van der Waals surface area contributed by atoms with E-state index in [1.807, 2.05) is 42.5 Å². The zero-order valence-electron chi connectivity index (χ0n) is 14.4. The minimum Gasteiger partial charge on any atom is -0.497 e. The van der Waals surface area contributed by atoms with Gasteiger partial charge in [-0.15, -0.1) is 0 Å². The molecule has 0 aliphatic carbocycles. The highest BCUT2D eigenvalue weighted by Gasteiger charge is 2.34. The Morgan fingerprint density at radius 3 is 2.64 bits per heavy atom. The molecule has 4 nitrogen and oxygen atoms in total. The SMILES string of the molecule is COc1ccc2c(c1)OC(C)(C)C[C@H]2NC(=S)Nc1ccc(Cl)cc1. The van der Waals surface area contributed by atoms with E-state index in [0.717, 1.165) is 29.2 Å². The Morgan fingerprint density at radius 2 is 1.96 bits per heavy atom. The van der Waals surface area contributed by atoms with Gasteiger partial charge in [-0.05, 0) is 62.5 Å². The lowest BCUT2D eigenvalue weighted by Gasteiger charge is -2.38. The molecule has 0 unspecified atom stereocenters. The monoisotopic (exact) mass is 376 g/mol. The van der Waals surface area contributed by atoms with Gasteiger partial charge in [0, 0.05) is 28.8 Å². The zero-order valence-corrected chi connectivity index (χ0v) is 16.0. The van der Waals surface area contributed by atoms with Crippen LogP contribution in [0.1, 0.15) is 31.9 Å². The van der Waals surface area contributed by atoms with Gasteiger partial charge in [-0.3, -0.25) is 0 Å². The third kappa shape index (κ3) is 4.35. The van der Waals surface area contributed by atoms with Crippen LogP contribution in [-0.2, 0) is 0 Å². The first-order valence-electron chi connectivity index (χ1n) is 8.06. The Bertz CT molecular complexity index is 777. The summed E-state index contributed by atoms with van der Waals surface area (Å²) in [7, 11) is 1.65. The van der Waals surface area contributed by atoms with Crippen molar-refractivity contribution in [1.82, 2.24) is 5.32 Å². The van der Waals surface area contributed by atoms with E-state index in [4.69, 9.17) is 33.3 Å². The molecule has 2 aromatic carbocycles. The summed E-state index contributed by atoms with van der Waals surface area (Å²) in [6.07, 6.45) is 0.800. The zero-order chi connectivity index (χ0) is 18.0. The van der Waals surface area contributed by atoms with E-state index in [9.17, 15) is 0 Å². The van der Waals surface area contributed by atoms with Gasteiger partial charge in [0.05, 0.1) is 13.2 Å². The highest BCUT2D eigenvalue weighted by atomic mass is 35.5. The average molecular weight is 377 g/mol. The number of hydrogen-bond donors (Lipinski definition) is 2. The Morgan fingerprint density at radius 1 is 1.24 bits per heavy atom. The highest BCUT2D eigenvalue weighted by molar-refractivity contribution is 7.80. The smallest absolute Gasteiger partial charge is 0.171 e. The molecule has 0 radical (unpaired) electrons. The summed E-state index contributed by atoms with van der Waals surface area (Å²) in [5.74, 6) is 1.60. The third-order valence-electron chi connectivity index (χ3n) is 4.09. The quantitative estimate of drug-likeness (QED) is 0.743. The van der Waals surface area contributed by atoms with E-state index in [2.05, 4.69) is 24.5 Å². The second-order valence-corrected chi connectivity index (χ2v) is 7.47. The summed E-state index contributed by atoms with van der Waals surface area (Å²) in [4.78, 5) is 0. The molecule has 1 atom stereocenters. The predicted molar refractivity (Wildman–Crippen MR) is 106 cm³/mol. The van der Waals surface area contributed by atoms with Gasteiger partial charge in [0.15, 0.2) is 5.11 Å². The number of anilines is 1. The molecule has 1 aliphatic rings. The predicted octanol–water partition coefficient (Wildman–Crippen LogP) is 4.94. The van der Waals surface area contributed by atoms with E-state index in [1.165, 1.54) is 0 Å². The second-order valence-electron chi connectivity index (χ2n) is 6.63. The van der Waals surface area contributed by atoms with Crippen molar-refractivity contribution in [2.75, 3.05) is 12.4 Å². The van der Waals surface area contributed by atoms with E-state index < -0.39 is 0 Å². The van der Waals surface area contributed by atoms with Crippen molar-refractivity contribution in [2.24, 2.45) is 0 Å². The van der Waals surface area contributed by atoms with Gasteiger partial charge in [0.25, 0.3) is 0 Å². The van der Waals surface area contributed by atoms with Gasteiger partial charge in [-0.25, -0.2) is 0 Å². The molecule has 0 fully saturated rings. The number of benzene rings is 2. The van der Waals surface area contributed by atoms with Crippen LogP contribution in [0.4, 0.5) is 5.69 Å². The van der Waals surface area contributed by atoms with E-state index >= 15 is 0 Å². The van der Waals surface area contributed by atoms with Crippen molar-refractivity contribution >= 4 is 34.6 Å². The third-order valence-corrected chi connectivity index (χ3v) is 4.56. The molecule has 132 valence electrons. The molecule has 6 heteroatoms. The first-order chi connectivity index (χ1) is 11.9. The van der Waals surface area contributed by atoms with Crippen LogP contribution < -0.4 is 20.1 Å². The summed E-state index contributed by atoms with van der Waals surface area (Å²) in [5, 5.41) is 7.85. The molecule has 0 spiro atoms. The van der Waals surface area contributed by atoms with Crippen LogP contribution in [0.5, 0.6) is 11.5 Å². The number of hydrogen-bond acceptors (Lipinski definition) is 3. The Labute approximate surface area is 158 Å². The minimum absolute atomic E-state index is 0.0527. The number of fused-ring (bicyclic) bond motifs is 1.